The van der Waals surface area contributed by atoms with E-state index < -0.39 is 12.2 Å². The molecule has 0 spiro atoms. The van der Waals surface area contributed by atoms with Crippen LogP contribution in [-0.2, 0) is 0 Å². The van der Waals surface area contributed by atoms with Gasteiger partial charge in [0.2, 0.25) is 0 Å². The molecule has 1 rings (SSSR count). The van der Waals surface area contributed by atoms with Crippen molar-refractivity contribution < 1.29 is 10.2 Å². The summed E-state index contributed by atoms with van der Waals surface area (Å²) in [5.41, 5.74) is 0. The molecule has 2 atom stereocenters. The second kappa shape index (κ2) is 3.55. The Balaban J connectivity index is 2.21. The smallest absolute Gasteiger partial charge is 0.0827 e. The summed E-state index contributed by atoms with van der Waals surface area (Å²) < 4.78 is 0. The number of hydrogen-bond donors (Lipinski definition) is 2. The first kappa shape index (κ1) is 9.01. The van der Waals surface area contributed by atoms with Crippen LogP contribution in [0, 0.1) is 11.8 Å². The first-order chi connectivity index (χ1) is 5.11. The molecule has 2 unspecified atom stereocenters. The molecule has 2 N–H and O–H groups in total. The van der Waals surface area contributed by atoms with Gasteiger partial charge in [0.1, 0.15) is 0 Å². The van der Waals surface area contributed by atoms with Gasteiger partial charge in [0.15, 0.2) is 0 Å². The van der Waals surface area contributed by atoms with E-state index in [0.717, 1.165) is 19.3 Å². The van der Waals surface area contributed by atoms with Crippen LogP contribution in [0.15, 0.2) is 0 Å². The molecule has 0 aromatic carbocycles. The minimum atomic E-state index is -0.498. The topological polar surface area (TPSA) is 40.5 Å². The van der Waals surface area contributed by atoms with Crippen LogP contribution in [0.25, 0.3) is 0 Å². The molecule has 11 heavy (non-hydrogen) atoms. The van der Waals surface area contributed by atoms with E-state index in [1.807, 2.05) is 0 Å². The van der Waals surface area contributed by atoms with Crippen molar-refractivity contribution in [3.8, 4) is 0 Å². The molecule has 0 aliphatic heterocycles. The fraction of sp³-hybridized carbons (Fsp3) is 1.00. The van der Waals surface area contributed by atoms with Gasteiger partial charge in [-0.1, -0.05) is 13.8 Å². The van der Waals surface area contributed by atoms with Crippen molar-refractivity contribution in [2.24, 2.45) is 11.8 Å². The third-order valence-corrected chi connectivity index (χ3v) is 2.21. The van der Waals surface area contributed by atoms with E-state index in [4.69, 9.17) is 0 Å². The van der Waals surface area contributed by atoms with Crippen molar-refractivity contribution in [3.63, 3.8) is 0 Å². The Kier molecular flexibility index (Phi) is 2.90. The second-order valence-corrected chi connectivity index (χ2v) is 4.02. The maximum absolute atomic E-state index is 9.46. The summed E-state index contributed by atoms with van der Waals surface area (Å²) in [5.74, 6) is 0.863. The Morgan fingerprint density at radius 3 is 2.18 bits per heavy atom. The van der Waals surface area contributed by atoms with Crippen LogP contribution in [0.3, 0.4) is 0 Å². The van der Waals surface area contributed by atoms with Gasteiger partial charge in [-0.25, -0.2) is 0 Å². The SMILES string of the molecule is CC(C)CC(O)C(O)C1CC1. The van der Waals surface area contributed by atoms with Crippen LogP contribution in [0.1, 0.15) is 33.1 Å². The van der Waals surface area contributed by atoms with Crippen molar-refractivity contribution in [2.45, 2.75) is 45.3 Å². The summed E-state index contributed by atoms with van der Waals surface area (Å²) >= 11 is 0. The molecule has 66 valence electrons. The monoisotopic (exact) mass is 158 g/mol. The zero-order chi connectivity index (χ0) is 8.43. The van der Waals surface area contributed by atoms with Crippen molar-refractivity contribution in [1.82, 2.24) is 0 Å². The molecule has 0 radical (unpaired) electrons. The Labute approximate surface area is 68.2 Å². The van der Waals surface area contributed by atoms with Gasteiger partial charge in [0, 0.05) is 0 Å². The zero-order valence-electron chi connectivity index (χ0n) is 7.33. The zero-order valence-corrected chi connectivity index (χ0v) is 7.33. The van der Waals surface area contributed by atoms with Crippen molar-refractivity contribution >= 4 is 0 Å². The quantitative estimate of drug-likeness (QED) is 0.644. The Morgan fingerprint density at radius 1 is 1.27 bits per heavy atom. The highest BCUT2D eigenvalue weighted by Gasteiger charge is 2.34. The predicted molar refractivity (Wildman–Crippen MR) is 44.2 cm³/mol. The van der Waals surface area contributed by atoms with Crippen LogP contribution >= 0.6 is 0 Å². The van der Waals surface area contributed by atoms with Crippen LogP contribution in [0.4, 0.5) is 0 Å². The molecule has 1 fully saturated rings. The molecule has 0 aromatic heterocycles. The third-order valence-electron chi connectivity index (χ3n) is 2.21. The van der Waals surface area contributed by atoms with E-state index in [1.165, 1.54) is 0 Å². The van der Waals surface area contributed by atoms with E-state index in [1.54, 1.807) is 0 Å². The van der Waals surface area contributed by atoms with Gasteiger partial charge >= 0.3 is 0 Å². The van der Waals surface area contributed by atoms with E-state index in [2.05, 4.69) is 13.8 Å². The standard InChI is InChI=1S/C9H18O2/c1-6(2)5-8(10)9(11)7-3-4-7/h6-11H,3-5H2,1-2H3. The summed E-state index contributed by atoms with van der Waals surface area (Å²) in [6.45, 7) is 4.12. The average molecular weight is 158 g/mol. The highest BCUT2D eigenvalue weighted by Crippen LogP contribution is 2.34. The van der Waals surface area contributed by atoms with E-state index in [9.17, 15) is 10.2 Å². The normalized spacial score (nSPS) is 23.7. The Morgan fingerprint density at radius 2 is 1.82 bits per heavy atom. The largest absolute Gasteiger partial charge is 0.390 e. The van der Waals surface area contributed by atoms with E-state index in [0.29, 0.717) is 11.8 Å². The maximum atomic E-state index is 9.46. The second-order valence-electron chi connectivity index (χ2n) is 4.02. The lowest BCUT2D eigenvalue weighted by Gasteiger charge is -2.18. The number of aliphatic hydroxyl groups is 2. The van der Waals surface area contributed by atoms with Crippen molar-refractivity contribution in [2.75, 3.05) is 0 Å². The highest BCUT2D eigenvalue weighted by molar-refractivity contribution is 4.85. The molecular formula is C9H18O2. The minimum absolute atomic E-state index is 0.392. The third kappa shape index (κ3) is 2.80. The van der Waals surface area contributed by atoms with Crippen LogP contribution in [-0.4, -0.2) is 22.4 Å². The Hall–Kier alpha value is -0.0800. The summed E-state index contributed by atoms with van der Waals surface area (Å²) in [6, 6.07) is 0. The van der Waals surface area contributed by atoms with Crippen molar-refractivity contribution in [3.05, 3.63) is 0 Å². The van der Waals surface area contributed by atoms with Gasteiger partial charge in [-0.2, -0.15) is 0 Å². The van der Waals surface area contributed by atoms with Gasteiger partial charge in [0.25, 0.3) is 0 Å². The minimum Gasteiger partial charge on any atom is -0.390 e. The Bertz CT molecular complexity index is 119. The molecule has 1 aliphatic carbocycles. The summed E-state index contributed by atoms with van der Waals surface area (Å²) in [4.78, 5) is 0. The average Bonchev–Trinajstić information content (AvgIpc) is 2.65. The molecule has 0 bridgehead atoms. The van der Waals surface area contributed by atoms with E-state index in [-0.39, 0.29) is 0 Å². The summed E-state index contributed by atoms with van der Waals surface area (Å²) in [5, 5.41) is 18.9. The lowest BCUT2D eigenvalue weighted by Crippen LogP contribution is -2.28. The molecule has 0 aromatic rings. The first-order valence-corrected chi connectivity index (χ1v) is 4.47. The van der Waals surface area contributed by atoms with Crippen molar-refractivity contribution in [1.29, 1.82) is 0 Å². The number of aliphatic hydroxyl groups excluding tert-OH is 2. The van der Waals surface area contributed by atoms with Gasteiger partial charge in [-0.3, -0.25) is 0 Å². The lowest BCUT2D eigenvalue weighted by molar-refractivity contribution is -0.00485. The summed E-state index contributed by atoms with van der Waals surface area (Å²) in [7, 11) is 0. The van der Waals surface area contributed by atoms with Gasteiger partial charge in [-0.05, 0) is 31.1 Å². The lowest BCUT2D eigenvalue weighted by atomic mass is 9.99. The molecular weight excluding hydrogens is 140 g/mol. The molecule has 2 heteroatoms. The first-order valence-electron chi connectivity index (χ1n) is 4.47. The molecule has 1 aliphatic rings. The van der Waals surface area contributed by atoms with Crippen LogP contribution < -0.4 is 0 Å². The van der Waals surface area contributed by atoms with Gasteiger partial charge < -0.3 is 10.2 Å². The highest BCUT2D eigenvalue weighted by atomic mass is 16.3. The molecule has 0 amide bonds. The maximum Gasteiger partial charge on any atom is 0.0827 e. The van der Waals surface area contributed by atoms with Crippen LogP contribution in [0.5, 0.6) is 0 Å². The van der Waals surface area contributed by atoms with Crippen LogP contribution in [0.2, 0.25) is 0 Å². The summed E-state index contributed by atoms with van der Waals surface area (Å²) in [6.07, 6.45) is 1.95. The fourth-order valence-electron chi connectivity index (χ4n) is 1.37. The fourth-order valence-corrected chi connectivity index (χ4v) is 1.37. The number of hydrogen-bond acceptors (Lipinski definition) is 2. The molecule has 0 heterocycles. The number of rotatable bonds is 4. The van der Waals surface area contributed by atoms with E-state index >= 15 is 0 Å². The predicted octanol–water partition coefficient (Wildman–Crippen LogP) is 1.16. The van der Waals surface area contributed by atoms with Gasteiger partial charge in [0.05, 0.1) is 12.2 Å². The molecule has 2 nitrogen and oxygen atoms in total. The van der Waals surface area contributed by atoms with Gasteiger partial charge in [-0.15, -0.1) is 0 Å². The molecule has 0 saturated heterocycles. The molecule has 1 saturated carbocycles.